The fraction of sp³-hybridized carbons (Fsp3) is 0.0597. The van der Waals surface area contributed by atoms with Crippen LogP contribution in [-0.4, -0.2) is 24.5 Å². The molecule has 0 bridgehead atoms. The number of aromatic nitrogens is 5. The molecule has 0 aliphatic carbocycles. The highest BCUT2D eigenvalue weighted by Gasteiger charge is 2.33. The molecule has 0 aliphatic rings. The van der Waals surface area contributed by atoms with Crippen LogP contribution in [0.4, 0.5) is 26.3 Å². The predicted molar refractivity (Wildman–Crippen MR) is 300 cm³/mol. The molecule has 6 nitrogen and oxygen atoms in total. The van der Waals surface area contributed by atoms with Gasteiger partial charge in [-0.05, 0) is 120 Å². The minimum atomic E-state index is -4.62. The third-order valence-electron chi connectivity index (χ3n) is 13.9. The molecule has 382 valence electrons. The van der Waals surface area contributed by atoms with Crippen molar-refractivity contribution in [1.29, 1.82) is 5.26 Å². The first-order valence-electron chi connectivity index (χ1n) is 25.2. The third-order valence-corrected chi connectivity index (χ3v) is 13.9. The average molecular weight is 1050 g/mol. The lowest BCUT2D eigenvalue weighted by Crippen LogP contribution is -2.07. The van der Waals surface area contributed by atoms with E-state index in [0.29, 0.717) is 94.8 Å². The Morgan fingerprint density at radius 2 is 0.709 bits per heavy atom. The zero-order valence-corrected chi connectivity index (χ0v) is 42.2. The summed E-state index contributed by atoms with van der Waals surface area (Å²) in [4.78, 5) is 21.2. The van der Waals surface area contributed by atoms with Crippen LogP contribution in [0.3, 0.4) is 0 Å². The lowest BCUT2D eigenvalue weighted by molar-refractivity contribution is -0.138. The third kappa shape index (κ3) is 9.79. The SMILES string of the molecule is Cc1cc(-c2ccc3c(c2)c2cc(-c4cc(C)cc(C(F)(F)F)c4)ccc2n3-c2c(-c3nc(-c4ccccc4)cc(-c4ccccc4)n3)cc(C#N)cc2-c2nc(-c3ccccc3)cc(-c3ccccc3)n2)cc(C(F)(F)F)c1. The van der Waals surface area contributed by atoms with Crippen LogP contribution in [0.2, 0.25) is 0 Å². The Morgan fingerprint density at radius 3 is 1.03 bits per heavy atom. The molecule has 12 heteroatoms. The normalized spacial score (nSPS) is 11.8. The fourth-order valence-electron chi connectivity index (χ4n) is 10.3. The van der Waals surface area contributed by atoms with Gasteiger partial charge in [0.2, 0.25) is 0 Å². The van der Waals surface area contributed by atoms with Crippen molar-refractivity contribution in [2.75, 3.05) is 0 Å². The Morgan fingerprint density at radius 1 is 0.367 bits per heavy atom. The summed E-state index contributed by atoms with van der Waals surface area (Å²) < 4.78 is 88.6. The maximum Gasteiger partial charge on any atom is 0.416 e. The standard InChI is InChI=1S/C67H42F6N6/c1-40-27-49(33-51(29-40)66(68,69)70)47-23-25-61-53(35-47)54-36-48(50-28-41(2)30-52(34-50)67(71,72)73)24-26-62(54)79(61)63-55(64-75-57(43-15-7-3-8-16-43)37-58(76-64)44-17-9-4-10-18-44)31-42(39-74)32-56(63)65-77-59(45-19-11-5-12-20-45)38-60(78-65)46-21-13-6-14-22-46/h3-38H,1-2H3. The van der Waals surface area contributed by atoms with Crippen molar-refractivity contribution in [2.45, 2.75) is 26.2 Å². The number of nitrogens with zero attached hydrogens (tertiary/aromatic N) is 6. The molecule has 0 spiro atoms. The van der Waals surface area contributed by atoms with E-state index in [1.165, 1.54) is 0 Å². The molecule has 79 heavy (non-hydrogen) atoms. The zero-order chi connectivity index (χ0) is 54.6. The maximum absolute atomic E-state index is 14.4. The minimum absolute atomic E-state index is 0.240. The monoisotopic (exact) mass is 1040 g/mol. The molecular weight excluding hydrogens is 1000 g/mol. The van der Waals surface area contributed by atoms with Crippen molar-refractivity contribution in [1.82, 2.24) is 24.5 Å². The number of rotatable bonds is 9. The van der Waals surface area contributed by atoms with E-state index in [0.717, 1.165) is 46.5 Å². The highest BCUT2D eigenvalue weighted by molar-refractivity contribution is 6.13. The van der Waals surface area contributed by atoms with Gasteiger partial charge in [0.1, 0.15) is 0 Å². The van der Waals surface area contributed by atoms with Crippen molar-refractivity contribution in [3.63, 3.8) is 0 Å². The Bertz CT molecular complexity index is 3970. The van der Waals surface area contributed by atoms with Gasteiger partial charge >= 0.3 is 12.4 Å². The molecule has 0 saturated heterocycles. The van der Waals surface area contributed by atoms with Crippen LogP contribution in [-0.2, 0) is 12.4 Å². The second kappa shape index (κ2) is 19.9. The molecule has 12 rings (SSSR count). The van der Waals surface area contributed by atoms with Crippen molar-refractivity contribution in [3.05, 3.63) is 246 Å². The number of fused-ring (bicyclic) bond motifs is 3. The Kier molecular flexibility index (Phi) is 12.5. The smallest absolute Gasteiger partial charge is 0.308 e. The number of alkyl halides is 6. The van der Waals surface area contributed by atoms with Crippen LogP contribution in [0, 0.1) is 25.2 Å². The molecular formula is C67H42F6N6. The highest BCUT2D eigenvalue weighted by Crippen LogP contribution is 2.45. The van der Waals surface area contributed by atoms with Gasteiger partial charge < -0.3 is 4.57 Å². The van der Waals surface area contributed by atoms with Gasteiger partial charge in [0, 0.05) is 44.2 Å². The molecule has 0 atom stereocenters. The zero-order valence-electron chi connectivity index (χ0n) is 42.2. The number of aryl methyl sites for hydroxylation is 2. The predicted octanol–water partition coefficient (Wildman–Crippen LogP) is 18.2. The summed E-state index contributed by atoms with van der Waals surface area (Å²) in [6, 6.07) is 66.9. The van der Waals surface area contributed by atoms with Crippen LogP contribution in [0.25, 0.3) is 118 Å². The number of hydrogen-bond acceptors (Lipinski definition) is 5. The Balaban J connectivity index is 1.23. The first kappa shape index (κ1) is 49.9. The molecule has 0 saturated carbocycles. The molecule has 0 fully saturated rings. The lowest BCUT2D eigenvalue weighted by Gasteiger charge is -2.20. The van der Waals surface area contributed by atoms with Crippen molar-refractivity contribution in [3.8, 4) is 102 Å². The summed E-state index contributed by atoms with van der Waals surface area (Å²) >= 11 is 0. The van der Waals surface area contributed by atoms with Crippen LogP contribution < -0.4 is 0 Å². The van der Waals surface area contributed by atoms with E-state index >= 15 is 0 Å². The number of benzene rings is 9. The van der Waals surface area contributed by atoms with Gasteiger partial charge in [0.15, 0.2) is 11.6 Å². The molecule has 0 radical (unpaired) electrons. The van der Waals surface area contributed by atoms with E-state index in [-0.39, 0.29) is 17.2 Å². The van der Waals surface area contributed by atoms with Crippen molar-refractivity contribution in [2.24, 2.45) is 0 Å². The van der Waals surface area contributed by atoms with E-state index < -0.39 is 23.5 Å². The lowest BCUT2D eigenvalue weighted by atomic mass is 9.96. The molecule has 3 heterocycles. The summed E-state index contributed by atoms with van der Waals surface area (Å²) in [5.74, 6) is 0.497. The number of nitriles is 1. The van der Waals surface area contributed by atoms with Gasteiger partial charge in [-0.25, -0.2) is 19.9 Å². The van der Waals surface area contributed by atoms with Crippen LogP contribution in [0.1, 0.15) is 27.8 Å². The minimum Gasteiger partial charge on any atom is -0.308 e. The van der Waals surface area contributed by atoms with Crippen LogP contribution >= 0.6 is 0 Å². The fourth-order valence-corrected chi connectivity index (χ4v) is 10.3. The molecule has 3 aromatic heterocycles. The quantitative estimate of drug-likeness (QED) is 0.135. The Labute approximate surface area is 450 Å². The van der Waals surface area contributed by atoms with Gasteiger partial charge in [0.05, 0.1) is 62.3 Å². The van der Waals surface area contributed by atoms with E-state index in [4.69, 9.17) is 19.9 Å². The second-order valence-electron chi connectivity index (χ2n) is 19.4. The van der Waals surface area contributed by atoms with Crippen molar-refractivity contribution >= 4 is 21.8 Å². The summed E-state index contributed by atoms with van der Waals surface area (Å²) in [6.07, 6.45) is -9.25. The highest BCUT2D eigenvalue weighted by atomic mass is 19.4. The van der Waals surface area contributed by atoms with E-state index in [2.05, 4.69) is 6.07 Å². The van der Waals surface area contributed by atoms with Gasteiger partial charge in [-0.1, -0.05) is 146 Å². The summed E-state index contributed by atoms with van der Waals surface area (Å²) in [5.41, 5.74) is 9.02. The first-order valence-corrected chi connectivity index (χ1v) is 25.2. The number of hydrogen-bond donors (Lipinski definition) is 0. The summed E-state index contributed by atoms with van der Waals surface area (Å²) in [7, 11) is 0. The molecule has 0 N–H and O–H groups in total. The maximum atomic E-state index is 14.4. The molecule has 12 aromatic rings. The van der Waals surface area contributed by atoms with Crippen LogP contribution in [0.5, 0.6) is 0 Å². The summed E-state index contributed by atoms with van der Waals surface area (Å²) in [5, 5.41) is 12.2. The molecule has 0 unspecified atom stereocenters. The number of halogens is 6. The largest absolute Gasteiger partial charge is 0.416 e. The van der Waals surface area contributed by atoms with Crippen LogP contribution in [0.15, 0.2) is 218 Å². The topological polar surface area (TPSA) is 80.3 Å². The van der Waals surface area contributed by atoms with E-state index in [9.17, 15) is 31.6 Å². The molecule has 0 amide bonds. The summed E-state index contributed by atoms with van der Waals surface area (Å²) in [6.45, 7) is 3.22. The van der Waals surface area contributed by atoms with E-state index in [1.807, 2.05) is 162 Å². The van der Waals surface area contributed by atoms with Gasteiger partial charge in [-0.15, -0.1) is 0 Å². The van der Waals surface area contributed by atoms with Gasteiger partial charge in [0.25, 0.3) is 0 Å². The van der Waals surface area contributed by atoms with E-state index in [1.54, 1.807) is 50.2 Å². The molecule has 0 aliphatic heterocycles. The first-order chi connectivity index (χ1) is 38.1. The van der Waals surface area contributed by atoms with Crippen molar-refractivity contribution < 1.29 is 26.3 Å². The van der Waals surface area contributed by atoms with Gasteiger partial charge in [-0.3, -0.25) is 0 Å². The Hall–Kier alpha value is -9.99. The average Bonchev–Trinajstić information content (AvgIpc) is 4.08. The second-order valence-corrected chi connectivity index (χ2v) is 19.4. The van der Waals surface area contributed by atoms with Gasteiger partial charge in [-0.2, -0.15) is 31.6 Å². The molecule has 9 aromatic carbocycles.